The Kier molecular flexibility index (Phi) is 5.50. The highest BCUT2D eigenvalue weighted by atomic mass is 32.2. The Morgan fingerprint density at radius 1 is 1.07 bits per heavy atom. The van der Waals surface area contributed by atoms with Crippen molar-refractivity contribution in [3.63, 3.8) is 0 Å². The Morgan fingerprint density at radius 2 is 1.86 bits per heavy atom. The Balaban J connectivity index is 1.92. The van der Waals surface area contributed by atoms with Crippen LogP contribution in [0.4, 0.5) is 20.4 Å². The maximum absolute atomic E-state index is 13.8. The summed E-state index contributed by atoms with van der Waals surface area (Å²) in [5.74, 6) is -0.908. The van der Waals surface area contributed by atoms with E-state index >= 15 is 0 Å². The van der Waals surface area contributed by atoms with E-state index in [0.717, 1.165) is 12.3 Å². The topological polar surface area (TPSA) is 94.1 Å². The van der Waals surface area contributed by atoms with Crippen LogP contribution < -0.4 is 10.1 Å². The molecule has 0 fully saturated rings. The maximum atomic E-state index is 13.8. The van der Waals surface area contributed by atoms with Crippen molar-refractivity contribution in [1.29, 1.82) is 0 Å². The van der Waals surface area contributed by atoms with Gasteiger partial charge in [-0.2, -0.15) is 4.39 Å². The van der Waals surface area contributed by atoms with E-state index in [-0.39, 0.29) is 17.1 Å². The standard InChI is InChI=1S/C18H16F2N4O3S/c1-27-15-7-12(19)3-4-13(15)14-8-17(22-10-21-14)24-18-6-11(5-16(20)23-18)9-28(2,25)26/h3-8,10H,9H2,1-2H3,(H,21,22,23,24). The molecule has 0 spiro atoms. The first-order valence-electron chi connectivity index (χ1n) is 8.01. The normalized spacial score (nSPS) is 11.3. The van der Waals surface area contributed by atoms with Crippen LogP contribution in [0.15, 0.2) is 42.7 Å². The predicted molar refractivity (Wildman–Crippen MR) is 100 cm³/mol. The molecule has 7 nitrogen and oxygen atoms in total. The zero-order chi connectivity index (χ0) is 20.3. The van der Waals surface area contributed by atoms with Crippen LogP contribution in [0.25, 0.3) is 11.3 Å². The third-order valence-corrected chi connectivity index (χ3v) is 4.50. The quantitative estimate of drug-likeness (QED) is 0.629. The summed E-state index contributed by atoms with van der Waals surface area (Å²) in [4.78, 5) is 11.9. The summed E-state index contributed by atoms with van der Waals surface area (Å²) in [5, 5.41) is 2.82. The maximum Gasteiger partial charge on any atom is 0.215 e. The first kappa shape index (κ1) is 19.6. The molecule has 0 unspecified atom stereocenters. The van der Waals surface area contributed by atoms with Crippen molar-refractivity contribution in [1.82, 2.24) is 15.0 Å². The van der Waals surface area contributed by atoms with Crippen LogP contribution in [0.2, 0.25) is 0 Å². The number of anilines is 2. The molecule has 1 N–H and O–H groups in total. The molecule has 0 bridgehead atoms. The highest BCUT2D eigenvalue weighted by Gasteiger charge is 2.12. The zero-order valence-corrected chi connectivity index (χ0v) is 15.8. The van der Waals surface area contributed by atoms with Crippen molar-refractivity contribution in [2.75, 3.05) is 18.7 Å². The minimum atomic E-state index is -3.33. The van der Waals surface area contributed by atoms with E-state index in [4.69, 9.17) is 4.74 Å². The lowest BCUT2D eigenvalue weighted by Gasteiger charge is -2.10. The largest absolute Gasteiger partial charge is 0.496 e. The van der Waals surface area contributed by atoms with Gasteiger partial charge in [0, 0.05) is 24.0 Å². The summed E-state index contributed by atoms with van der Waals surface area (Å²) in [6, 6.07) is 8.06. The molecule has 28 heavy (non-hydrogen) atoms. The summed E-state index contributed by atoms with van der Waals surface area (Å²) < 4.78 is 55.2. The van der Waals surface area contributed by atoms with Crippen molar-refractivity contribution in [3.05, 3.63) is 60.1 Å². The number of nitrogens with zero attached hydrogens (tertiary/aromatic N) is 3. The van der Waals surface area contributed by atoms with Gasteiger partial charge < -0.3 is 10.1 Å². The van der Waals surface area contributed by atoms with Gasteiger partial charge in [-0.05, 0) is 29.8 Å². The monoisotopic (exact) mass is 406 g/mol. The fourth-order valence-corrected chi connectivity index (χ4v) is 3.35. The summed E-state index contributed by atoms with van der Waals surface area (Å²) in [5.41, 5.74) is 1.24. The molecule has 1 aromatic carbocycles. The Hall–Kier alpha value is -3.14. The molecule has 146 valence electrons. The molecule has 0 aliphatic rings. The molecule has 0 amide bonds. The Bertz CT molecular complexity index is 1120. The summed E-state index contributed by atoms with van der Waals surface area (Å²) in [6.07, 6.45) is 2.34. The van der Waals surface area contributed by atoms with E-state index in [9.17, 15) is 17.2 Å². The van der Waals surface area contributed by atoms with E-state index in [0.29, 0.717) is 22.8 Å². The molecule has 0 radical (unpaired) electrons. The van der Waals surface area contributed by atoms with Gasteiger partial charge in [-0.1, -0.05) is 0 Å². The van der Waals surface area contributed by atoms with Crippen LogP contribution in [-0.2, 0) is 15.6 Å². The molecule has 3 rings (SSSR count). The lowest BCUT2D eigenvalue weighted by atomic mass is 10.1. The van der Waals surface area contributed by atoms with Gasteiger partial charge >= 0.3 is 0 Å². The number of ether oxygens (including phenoxy) is 1. The van der Waals surface area contributed by atoms with Gasteiger partial charge in [0.2, 0.25) is 5.95 Å². The van der Waals surface area contributed by atoms with Crippen LogP contribution in [0.5, 0.6) is 5.75 Å². The van der Waals surface area contributed by atoms with E-state index in [1.807, 2.05) is 0 Å². The second kappa shape index (κ2) is 7.85. The fraction of sp³-hybridized carbons (Fsp3) is 0.167. The number of sulfone groups is 1. The van der Waals surface area contributed by atoms with E-state index < -0.39 is 21.6 Å². The van der Waals surface area contributed by atoms with Gasteiger partial charge in [0.1, 0.15) is 29.5 Å². The molecule has 0 aliphatic carbocycles. The third kappa shape index (κ3) is 4.97. The van der Waals surface area contributed by atoms with E-state index in [2.05, 4.69) is 20.3 Å². The molecule has 0 aliphatic heterocycles. The summed E-state index contributed by atoms with van der Waals surface area (Å²) in [7, 11) is -1.91. The number of pyridine rings is 1. The minimum Gasteiger partial charge on any atom is -0.496 e. The van der Waals surface area contributed by atoms with Crippen molar-refractivity contribution in [3.8, 4) is 17.0 Å². The molecule has 10 heteroatoms. The second-order valence-electron chi connectivity index (χ2n) is 6.01. The summed E-state index contributed by atoms with van der Waals surface area (Å²) in [6.45, 7) is 0. The minimum absolute atomic E-state index is 0.0920. The lowest BCUT2D eigenvalue weighted by Crippen LogP contribution is -2.04. The molecular formula is C18H16F2N4O3S. The molecule has 0 atom stereocenters. The van der Waals surface area contributed by atoms with Crippen molar-refractivity contribution in [2.24, 2.45) is 0 Å². The van der Waals surface area contributed by atoms with Crippen LogP contribution in [0, 0.1) is 11.8 Å². The van der Waals surface area contributed by atoms with E-state index in [1.54, 1.807) is 6.07 Å². The molecule has 2 aromatic heterocycles. The molecule has 0 saturated carbocycles. The lowest BCUT2D eigenvalue weighted by molar-refractivity contribution is 0.413. The van der Waals surface area contributed by atoms with Crippen LogP contribution in [0.1, 0.15) is 5.56 Å². The molecule has 0 saturated heterocycles. The average molecular weight is 406 g/mol. The van der Waals surface area contributed by atoms with Gasteiger partial charge in [0.25, 0.3) is 0 Å². The van der Waals surface area contributed by atoms with Crippen LogP contribution in [0.3, 0.4) is 0 Å². The number of hydrogen-bond acceptors (Lipinski definition) is 7. The average Bonchev–Trinajstić information content (AvgIpc) is 2.59. The number of rotatable bonds is 6. The Morgan fingerprint density at radius 3 is 2.57 bits per heavy atom. The molecular weight excluding hydrogens is 390 g/mol. The number of aromatic nitrogens is 3. The fourth-order valence-electron chi connectivity index (χ4n) is 2.58. The van der Waals surface area contributed by atoms with Crippen LogP contribution >= 0.6 is 0 Å². The Labute approximate surface area is 160 Å². The smallest absolute Gasteiger partial charge is 0.215 e. The summed E-state index contributed by atoms with van der Waals surface area (Å²) >= 11 is 0. The van der Waals surface area contributed by atoms with Gasteiger partial charge in [0.05, 0.1) is 18.6 Å². The number of halogens is 2. The molecule has 2 heterocycles. The first-order valence-corrected chi connectivity index (χ1v) is 10.1. The van der Waals surface area contributed by atoms with Gasteiger partial charge in [-0.3, -0.25) is 0 Å². The first-order chi connectivity index (χ1) is 13.2. The van der Waals surface area contributed by atoms with Gasteiger partial charge in [-0.15, -0.1) is 0 Å². The zero-order valence-electron chi connectivity index (χ0n) is 15.0. The van der Waals surface area contributed by atoms with Gasteiger partial charge in [0.15, 0.2) is 9.84 Å². The highest BCUT2D eigenvalue weighted by Crippen LogP contribution is 2.30. The van der Waals surface area contributed by atoms with E-state index in [1.165, 1.54) is 37.7 Å². The predicted octanol–water partition coefficient (Wildman–Crippen LogP) is 3.11. The van der Waals surface area contributed by atoms with Gasteiger partial charge in [-0.25, -0.2) is 27.8 Å². The number of hydrogen-bond donors (Lipinski definition) is 1. The van der Waals surface area contributed by atoms with Crippen LogP contribution in [-0.4, -0.2) is 36.7 Å². The number of methoxy groups -OCH3 is 1. The third-order valence-electron chi connectivity index (χ3n) is 3.65. The molecule has 3 aromatic rings. The highest BCUT2D eigenvalue weighted by molar-refractivity contribution is 7.89. The number of benzene rings is 1. The van der Waals surface area contributed by atoms with Crippen molar-refractivity contribution < 1.29 is 21.9 Å². The SMILES string of the molecule is COc1cc(F)ccc1-c1cc(Nc2cc(CS(C)(=O)=O)cc(F)n2)ncn1. The van der Waals surface area contributed by atoms with Crippen molar-refractivity contribution >= 4 is 21.5 Å². The second-order valence-corrected chi connectivity index (χ2v) is 8.15. The number of nitrogens with one attached hydrogen (secondary N) is 1. The van der Waals surface area contributed by atoms with Crippen molar-refractivity contribution in [2.45, 2.75) is 5.75 Å².